The van der Waals surface area contributed by atoms with Crippen LogP contribution in [0.1, 0.15) is 18.4 Å². The molecule has 23 heavy (non-hydrogen) atoms. The molecule has 3 aromatic heterocycles. The molecule has 0 saturated heterocycles. The first-order valence-electron chi connectivity index (χ1n) is 6.83. The van der Waals surface area contributed by atoms with Gasteiger partial charge in [0.05, 0.1) is 17.5 Å². The van der Waals surface area contributed by atoms with Crippen LogP contribution in [0.25, 0.3) is 11.4 Å². The normalized spacial score (nSPS) is 10.9. The quantitative estimate of drug-likeness (QED) is 0.712. The summed E-state index contributed by atoms with van der Waals surface area (Å²) >= 11 is 2.96. The lowest BCUT2D eigenvalue weighted by atomic mass is 10.2. The van der Waals surface area contributed by atoms with Crippen LogP contribution >= 0.6 is 23.1 Å². The number of thiazole rings is 1. The molecule has 0 aliphatic rings. The van der Waals surface area contributed by atoms with Gasteiger partial charge in [-0.25, -0.2) is 4.98 Å². The topological polar surface area (TPSA) is 85.8 Å². The zero-order valence-electron chi connectivity index (χ0n) is 12.9. The van der Waals surface area contributed by atoms with E-state index in [2.05, 4.69) is 20.5 Å². The van der Waals surface area contributed by atoms with Crippen molar-refractivity contribution in [3.8, 4) is 11.4 Å². The lowest BCUT2D eigenvalue weighted by Gasteiger charge is -2.02. The number of thioether (sulfide) groups is 1. The van der Waals surface area contributed by atoms with Gasteiger partial charge >= 0.3 is 0 Å². The highest BCUT2D eigenvalue weighted by Gasteiger charge is 2.15. The fraction of sp³-hybridized carbons (Fsp3) is 0.286. The molecule has 1 amide bonds. The molecule has 0 unspecified atom stereocenters. The number of anilines is 1. The van der Waals surface area contributed by atoms with Crippen LogP contribution in [-0.4, -0.2) is 25.7 Å². The lowest BCUT2D eigenvalue weighted by Crippen LogP contribution is -2.05. The average Bonchev–Trinajstić information content (AvgIpc) is 3.18. The van der Waals surface area contributed by atoms with Gasteiger partial charge < -0.3 is 14.3 Å². The van der Waals surface area contributed by atoms with Crippen LogP contribution in [0.5, 0.6) is 0 Å². The van der Waals surface area contributed by atoms with Crippen molar-refractivity contribution < 1.29 is 9.21 Å². The number of furan rings is 1. The standard InChI is InChI=1S/C14H15N5O2S2/c1-8-11(4-5-21-8)12-17-18-14(19(12)3)23-7-10-6-22-13(16-10)15-9(2)20/h4-6H,7H2,1-3H3,(H,15,16,20). The summed E-state index contributed by atoms with van der Waals surface area (Å²) < 4.78 is 7.25. The Balaban J connectivity index is 1.70. The summed E-state index contributed by atoms with van der Waals surface area (Å²) in [7, 11) is 1.92. The number of carbonyl (C=O) groups excluding carboxylic acids is 1. The molecule has 0 saturated carbocycles. The summed E-state index contributed by atoms with van der Waals surface area (Å²) in [5, 5.41) is 14.5. The molecule has 120 valence electrons. The molecule has 0 aliphatic carbocycles. The molecule has 3 aromatic rings. The van der Waals surface area contributed by atoms with Gasteiger partial charge in [-0.3, -0.25) is 4.79 Å². The molecule has 7 nitrogen and oxygen atoms in total. The fourth-order valence-electron chi connectivity index (χ4n) is 2.01. The molecule has 1 N–H and O–H groups in total. The summed E-state index contributed by atoms with van der Waals surface area (Å²) in [5.41, 5.74) is 1.83. The summed E-state index contributed by atoms with van der Waals surface area (Å²) in [6.45, 7) is 3.37. The zero-order valence-corrected chi connectivity index (χ0v) is 14.5. The first-order valence-corrected chi connectivity index (χ1v) is 8.69. The second-order valence-electron chi connectivity index (χ2n) is 4.87. The smallest absolute Gasteiger partial charge is 0.223 e. The van der Waals surface area contributed by atoms with E-state index in [1.54, 1.807) is 18.0 Å². The third-order valence-electron chi connectivity index (χ3n) is 3.12. The van der Waals surface area contributed by atoms with Crippen molar-refractivity contribution in [3.63, 3.8) is 0 Å². The predicted molar refractivity (Wildman–Crippen MR) is 89.4 cm³/mol. The number of hydrogen-bond acceptors (Lipinski definition) is 7. The Labute approximate surface area is 141 Å². The molecule has 3 heterocycles. The van der Waals surface area contributed by atoms with Crippen LogP contribution in [-0.2, 0) is 17.6 Å². The molecule has 0 atom stereocenters. The predicted octanol–water partition coefficient (Wildman–Crippen LogP) is 3.09. The van der Waals surface area contributed by atoms with Crippen molar-refractivity contribution in [2.24, 2.45) is 7.05 Å². The fourth-order valence-corrected chi connectivity index (χ4v) is 3.68. The Bertz CT molecular complexity index is 836. The number of amides is 1. The highest BCUT2D eigenvalue weighted by Crippen LogP contribution is 2.28. The summed E-state index contributed by atoms with van der Waals surface area (Å²) in [6.07, 6.45) is 1.64. The Hall–Kier alpha value is -2.13. The number of carbonyl (C=O) groups is 1. The average molecular weight is 349 g/mol. The number of aryl methyl sites for hydroxylation is 1. The van der Waals surface area contributed by atoms with Crippen molar-refractivity contribution in [2.45, 2.75) is 24.8 Å². The van der Waals surface area contributed by atoms with Gasteiger partial charge in [-0.2, -0.15) is 0 Å². The number of rotatable bonds is 5. The number of hydrogen-bond donors (Lipinski definition) is 1. The van der Waals surface area contributed by atoms with Crippen LogP contribution in [0.15, 0.2) is 27.3 Å². The first-order chi connectivity index (χ1) is 11.0. The van der Waals surface area contributed by atoms with Crippen LogP contribution in [0, 0.1) is 6.92 Å². The van der Waals surface area contributed by atoms with Crippen LogP contribution in [0.3, 0.4) is 0 Å². The highest BCUT2D eigenvalue weighted by molar-refractivity contribution is 7.98. The van der Waals surface area contributed by atoms with E-state index < -0.39 is 0 Å². The maximum absolute atomic E-state index is 11.0. The summed E-state index contributed by atoms with van der Waals surface area (Å²) in [6, 6.07) is 1.88. The van der Waals surface area contributed by atoms with Crippen molar-refractivity contribution in [3.05, 3.63) is 29.2 Å². The zero-order chi connectivity index (χ0) is 16.4. The van der Waals surface area contributed by atoms with Gasteiger partial charge in [0, 0.05) is 25.1 Å². The first kappa shape index (κ1) is 15.8. The van der Waals surface area contributed by atoms with Crippen LogP contribution in [0.2, 0.25) is 0 Å². The van der Waals surface area contributed by atoms with E-state index in [9.17, 15) is 4.79 Å². The van der Waals surface area contributed by atoms with E-state index in [1.807, 2.05) is 30.0 Å². The summed E-state index contributed by atoms with van der Waals surface area (Å²) in [4.78, 5) is 15.4. The molecular weight excluding hydrogens is 334 g/mol. The van der Waals surface area contributed by atoms with E-state index in [0.717, 1.165) is 28.0 Å². The number of aromatic nitrogens is 4. The minimum Gasteiger partial charge on any atom is -0.469 e. The van der Waals surface area contributed by atoms with Crippen molar-refractivity contribution >= 4 is 34.1 Å². The van der Waals surface area contributed by atoms with Crippen molar-refractivity contribution in [1.82, 2.24) is 19.7 Å². The molecule has 0 fully saturated rings. The largest absolute Gasteiger partial charge is 0.469 e. The second kappa shape index (κ2) is 6.55. The monoisotopic (exact) mass is 349 g/mol. The number of nitrogens with zero attached hydrogens (tertiary/aromatic N) is 4. The Morgan fingerprint density at radius 2 is 2.30 bits per heavy atom. The van der Waals surface area contributed by atoms with Gasteiger partial charge in [-0.1, -0.05) is 11.8 Å². The Kier molecular flexibility index (Phi) is 4.49. The molecule has 0 bridgehead atoms. The lowest BCUT2D eigenvalue weighted by molar-refractivity contribution is -0.114. The Morgan fingerprint density at radius 3 is 3.00 bits per heavy atom. The third-order valence-corrected chi connectivity index (χ3v) is 4.98. The second-order valence-corrected chi connectivity index (χ2v) is 6.67. The molecular formula is C14H15N5O2S2. The van der Waals surface area contributed by atoms with Crippen LogP contribution < -0.4 is 5.32 Å². The molecule has 3 rings (SSSR count). The Morgan fingerprint density at radius 1 is 1.48 bits per heavy atom. The van der Waals surface area contributed by atoms with Gasteiger partial charge in [-0.15, -0.1) is 21.5 Å². The maximum atomic E-state index is 11.0. The van der Waals surface area contributed by atoms with Crippen LogP contribution in [0.4, 0.5) is 5.13 Å². The van der Waals surface area contributed by atoms with Gasteiger partial charge in [-0.05, 0) is 13.0 Å². The van der Waals surface area contributed by atoms with Crippen molar-refractivity contribution in [1.29, 1.82) is 0 Å². The van der Waals surface area contributed by atoms with E-state index >= 15 is 0 Å². The molecule has 0 aliphatic heterocycles. The van der Waals surface area contributed by atoms with Gasteiger partial charge in [0.25, 0.3) is 0 Å². The van der Waals surface area contributed by atoms with E-state index in [-0.39, 0.29) is 5.91 Å². The highest BCUT2D eigenvalue weighted by atomic mass is 32.2. The summed E-state index contributed by atoms with van der Waals surface area (Å²) in [5.74, 6) is 2.13. The van der Waals surface area contributed by atoms with Gasteiger partial charge in [0.1, 0.15) is 5.76 Å². The van der Waals surface area contributed by atoms with E-state index in [0.29, 0.717) is 10.9 Å². The van der Waals surface area contributed by atoms with Crippen molar-refractivity contribution in [2.75, 3.05) is 5.32 Å². The number of nitrogens with one attached hydrogen (secondary N) is 1. The van der Waals surface area contributed by atoms with E-state index in [1.165, 1.54) is 18.3 Å². The van der Waals surface area contributed by atoms with Gasteiger partial charge in [0.15, 0.2) is 16.1 Å². The minimum absolute atomic E-state index is 0.119. The maximum Gasteiger partial charge on any atom is 0.223 e. The minimum atomic E-state index is -0.119. The molecule has 0 aromatic carbocycles. The van der Waals surface area contributed by atoms with E-state index in [4.69, 9.17) is 4.42 Å². The molecule has 0 spiro atoms. The third kappa shape index (κ3) is 3.45. The molecule has 0 radical (unpaired) electrons. The molecule has 9 heteroatoms. The SMILES string of the molecule is CC(=O)Nc1nc(CSc2nnc(-c3ccoc3C)n2C)cs1. The van der Waals surface area contributed by atoms with Gasteiger partial charge in [0.2, 0.25) is 5.91 Å².